The standard InChI is InChI=1S/C18H23NO/c1-13(2)19-12-14(3)11-17-16-8-6-5-7-15(16)9-10-18(17)20-4/h5-11,13,19H,12H2,1-4H3. The van der Waals surface area contributed by atoms with Crippen molar-refractivity contribution in [2.45, 2.75) is 26.8 Å². The molecule has 0 fully saturated rings. The number of rotatable bonds is 5. The minimum absolute atomic E-state index is 0.493. The largest absolute Gasteiger partial charge is 0.496 e. The van der Waals surface area contributed by atoms with Gasteiger partial charge in [-0.25, -0.2) is 0 Å². The summed E-state index contributed by atoms with van der Waals surface area (Å²) >= 11 is 0. The second-order valence-corrected chi connectivity index (χ2v) is 5.43. The molecule has 0 aliphatic rings. The van der Waals surface area contributed by atoms with Crippen molar-refractivity contribution in [2.75, 3.05) is 13.7 Å². The molecule has 0 saturated heterocycles. The average molecular weight is 269 g/mol. The Hall–Kier alpha value is -1.80. The summed E-state index contributed by atoms with van der Waals surface area (Å²) in [6, 6.07) is 13.1. The number of ether oxygens (including phenoxy) is 1. The van der Waals surface area contributed by atoms with E-state index in [0.29, 0.717) is 6.04 Å². The van der Waals surface area contributed by atoms with Gasteiger partial charge in [0.2, 0.25) is 0 Å². The first-order valence-corrected chi connectivity index (χ1v) is 7.08. The molecule has 2 rings (SSSR count). The molecule has 0 bridgehead atoms. The van der Waals surface area contributed by atoms with Crippen LogP contribution in [0.3, 0.4) is 0 Å². The third kappa shape index (κ3) is 3.40. The lowest BCUT2D eigenvalue weighted by Crippen LogP contribution is -2.24. The molecular weight excluding hydrogens is 246 g/mol. The third-order valence-corrected chi connectivity index (χ3v) is 3.33. The molecule has 0 saturated carbocycles. The maximum absolute atomic E-state index is 5.51. The van der Waals surface area contributed by atoms with Crippen molar-refractivity contribution in [3.63, 3.8) is 0 Å². The molecule has 106 valence electrons. The molecule has 2 nitrogen and oxygen atoms in total. The smallest absolute Gasteiger partial charge is 0.126 e. The van der Waals surface area contributed by atoms with Crippen LogP contribution in [-0.2, 0) is 0 Å². The quantitative estimate of drug-likeness (QED) is 0.876. The van der Waals surface area contributed by atoms with Crippen molar-refractivity contribution >= 4 is 16.8 Å². The number of fused-ring (bicyclic) bond motifs is 1. The number of hydrogen-bond donors (Lipinski definition) is 1. The molecule has 0 aromatic heterocycles. The first-order chi connectivity index (χ1) is 9.61. The van der Waals surface area contributed by atoms with Gasteiger partial charge in [-0.1, -0.05) is 55.8 Å². The highest BCUT2D eigenvalue weighted by Gasteiger charge is 2.06. The highest BCUT2D eigenvalue weighted by atomic mass is 16.5. The Morgan fingerprint density at radius 1 is 1.20 bits per heavy atom. The van der Waals surface area contributed by atoms with E-state index in [4.69, 9.17) is 4.74 Å². The first kappa shape index (κ1) is 14.6. The number of hydrogen-bond acceptors (Lipinski definition) is 2. The van der Waals surface area contributed by atoms with Crippen LogP contribution in [0.15, 0.2) is 42.0 Å². The van der Waals surface area contributed by atoms with E-state index in [9.17, 15) is 0 Å². The van der Waals surface area contributed by atoms with Crippen LogP contribution in [0.4, 0.5) is 0 Å². The summed E-state index contributed by atoms with van der Waals surface area (Å²) in [7, 11) is 1.73. The fraction of sp³-hybridized carbons (Fsp3) is 0.333. The van der Waals surface area contributed by atoms with Crippen LogP contribution in [0.2, 0.25) is 0 Å². The Balaban J connectivity index is 2.43. The lowest BCUT2D eigenvalue weighted by atomic mass is 10.0. The topological polar surface area (TPSA) is 21.3 Å². The Labute approximate surface area is 121 Å². The van der Waals surface area contributed by atoms with Gasteiger partial charge in [-0.05, 0) is 23.8 Å². The van der Waals surface area contributed by atoms with E-state index in [1.165, 1.54) is 16.3 Å². The Morgan fingerprint density at radius 2 is 1.95 bits per heavy atom. The van der Waals surface area contributed by atoms with Gasteiger partial charge in [0.1, 0.15) is 5.75 Å². The van der Waals surface area contributed by atoms with Gasteiger partial charge in [0, 0.05) is 18.2 Å². The van der Waals surface area contributed by atoms with Crippen LogP contribution >= 0.6 is 0 Å². The fourth-order valence-corrected chi connectivity index (χ4v) is 2.27. The van der Waals surface area contributed by atoms with Crippen LogP contribution in [0.25, 0.3) is 16.8 Å². The zero-order chi connectivity index (χ0) is 14.5. The van der Waals surface area contributed by atoms with E-state index in [-0.39, 0.29) is 0 Å². The molecule has 2 aromatic rings. The Bertz CT molecular complexity index is 614. The fourth-order valence-electron chi connectivity index (χ4n) is 2.27. The zero-order valence-corrected chi connectivity index (χ0v) is 12.7. The van der Waals surface area contributed by atoms with Crippen LogP contribution in [-0.4, -0.2) is 19.7 Å². The van der Waals surface area contributed by atoms with Gasteiger partial charge < -0.3 is 10.1 Å². The van der Waals surface area contributed by atoms with Gasteiger partial charge in [0.05, 0.1) is 7.11 Å². The molecule has 0 unspecified atom stereocenters. The van der Waals surface area contributed by atoms with Crippen molar-refractivity contribution in [1.82, 2.24) is 5.32 Å². The summed E-state index contributed by atoms with van der Waals surface area (Å²) in [4.78, 5) is 0. The molecular formula is C18H23NO. The average Bonchev–Trinajstić information content (AvgIpc) is 2.45. The lowest BCUT2D eigenvalue weighted by molar-refractivity contribution is 0.414. The maximum Gasteiger partial charge on any atom is 0.126 e. The van der Waals surface area contributed by atoms with Gasteiger partial charge >= 0.3 is 0 Å². The second-order valence-electron chi connectivity index (χ2n) is 5.43. The molecule has 0 atom stereocenters. The SMILES string of the molecule is COc1ccc2ccccc2c1C=C(C)CNC(C)C. The summed E-state index contributed by atoms with van der Waals surface area (Å²) in [5.74, 6) is 0.924. The van der Waals surface area contributed by atoms with Crippen molar-refractivity contribution in [3.8, 4) is 5.75 Å². The van der Waals surface area contributed by atoms with Crippen LogP contribution in [0, 0.1) is 0 Å². The van der Waals surface area contributed by atoms with Crippen LogP contribution in [0.1, 0.15) is 26.3 Å². The van der Waals surface area contributed by atoms with Gasteiger partial charge in [-0.3, -0.25) is 0 Å². The van der Waals surface area contributed by atoms with E-state index in [2.05, 4.69) is 62.5 Å². The van der Waals surface area contributed by atoms with E-state index in [1.807, 2.05) is 6.07 Å². The van der Waals surface area contributed by atoms with E-state index >= 15 is 0 Å². The summed E-state index contributed by atoms with van der Waals surface area (Å²) in [6.07, 6.45) is 2.22. The predicted molar refractivity (Wildman–Crippen MR) is 87.3 cm³/mol. The zero-order valence-electron chi connectivity index (χ0n) is 12.7. The predicted octanol–water partition coefficient (Wildman–Crippen LogP) is 4.25. The van der Waals surface area contributed by atoms with E-state index in [0.717, 1.165) is 17.9 Å². The van der Waals surface area contributed by atoms with Crippen LogP contribution in [0.5, 0.6) is 5.75 Å². The molecule has 0 aliphatic carbocycles. The number of methoxy groups -OCH3 is 1. The molecule has 0 amide bonds. The lowest BCUT2D eigenvalue weighted by Gasteiger charge is -2.12. The van der Waals surface area contributed by atoms with Gasteiger partial charge in [0.15, 0.2) is 0 Å². The summed E-state index contributed by atoms with van der Waals surface area (Å²) in [6.45, 7) is 7.36. The molecule has 0 spiro atoms. The molecule has 2 heteroatoms. The Kier molecular flexibility index (Phi) is 4.80. The molecule has 2 aromatic carbocycles. The van der Waals surface area contributed by atoms with Crippen molar-refractivity contribution < 1.29 is 4.74 Å². The highest BCUT2D eigenvalue weighted by molar-refractivity contribution is 5.93. The first-order valence-electron chi connectivity index (χ1n) is 7.08. The van der Waals surface area contributed by atoms with Gasteiger partial charge in [-0.15, -0.1) is 0 Å². The van der Waals surface area contributed by atoms with Gasteiger partial charge in [-0.2, -0.15) is 0 Å². The third-order valence-electron chi connectivity index (χ3n) is 3.33. The normalized spacial score (nSPS) is 12.2. The van der Waals surface area contributed by atoms with E-state index in [1.54, 1.807) is 7.11 Å². The number of nitrogens with one attached hydrogen (secondary N) is 1. The summed E-state index contributed by atoms with van der Waals surface area (Å²) < 4.78 is 5.51. The highest BCUT2D eigenvalue weighted by Crippen LogP contribution is 2.29. The van der Waals surface area contributed by atoms with Crippen molar-refractivity contribution in [1.29, 1.82) is 0 Å². The Morgan fingerprint density at radius 3 is 2.65 bits per heavy atom. The number of benzene rings is 2. The summed E-state index contributed by atoms with van der Waals surface area (Å²) in [5, 5.41) is 5.91. The van der Waals surface area contributed by atoms with Crippen molar-refractivity contribution in [3.05, 3.63) is 47.5 Å². The molecule has 1 N–H and O–H groups in total. The second kappa shape index (κ2) is 6.58. The minimum Gasteiger partial charge on any atom is -0.496 e. The molecule has 0 radical (unpaired) electrons. The molecule has 20 heavy (non-hydrogen) atoms. The molecule has 0 heterocycles. The molecule has 0 aliphatic heterocycles. The monoisotopic (exact) mass is 269 g/mol. The minimum atomic E-state index is 0.493. The maximum atomic E-state index is 5.51. The van der Waals surface area contributed by atoms with Crippen molar-refractivity contribution in [2.24, 2.45) is 0 Å². The summed E-state index contributed by atoms with van der Waals surface area (Å²) in [5.41, 5.74) is 2.46. The van der Waals surface area contributed by atoms with E-state index < -0.39 is 0 Å². The van der Waals surface area contributed by atoms with Gasteiger partial charge in [0.25, 0.3) is 0 Å². The van der Waals surface area contributed by atoms with Crippen LogP contribution < -0.4 is 10.1 Å².